The minimum absolute atomic E-state index is 0.814. The lowest BCUT2D eigenvalue weighted by atomic mass is 10.1. The van der Waals surface area contributed by atoms with Gasteiger partial charge >= 0.3 is 0 Å². The van der Waals surface area contributed by atoms with Crippen LogP contribution in [0, 0.1) is 11.8 Å². The van der Waals surface area contributed by atoms with Gasteiger partial charge in [-0.15, -0.1) is 11.3 Å². The molecule has 0 saturated carbocycles. The third-order valence-electron chi connectivity index (χ3n) is 2.00. The van der Waals surface area contributed by atoms with Crippen molar-refractivity contribution in [2.45, 2.75) is 0 Å². The highest BCUT2D eigenvalue weighted by atomic mass is 32.1. The van der Waals surface area contributed by atoms with Gasteiger partial charge in [-0.2, -0.15) is 0 Å². The minimum Gasteiger partial charge on any atom is -0.411 e. The number of benzene rings is 1. The molecular weight excluding hydrogens is 218 g/mol. The zero-order chi connectivity index (χ0) is 11.2. The molecule has 3 heteroatoms. The maximum absolute atomic E-state index is 8.52. The zero-order valence-electron chi connectivity index (χ0n) is 8.42. The van der Waals surface area contributed by atoms with Crippen LogP contribution in [-0.2, 0) is 0 Å². The van der Waals surface area contributed by atoms with Crippen molar-refractivity contribution in [3.8, 4) is 11.8 Å². The Labute approximate surface area is 97.9 Å². The first kappa shape index (κ1) is 10.5. The van der Waals surface area contributed by atoms with Gasteiger partial charge in [0.25, 0.3) is 0 Å². The number of rotatable bonds is 1. The third-order valence-corrected chi connectivity index (χ3v) is 2.78. The van der Waals surface area contributed by atoms with Crippen LogP contribution in [0.15, 0.2) is 46.9 Å². The first-order chi connectivity index (χ1) is 7.90. The van der Waals surface area contributed by atoms with E-state index in [0.717, 1.165) is 16.0 Å². The molecule has 0 atom stereocenters. The van der Waals surface area contributed by atoms with E-state index in [-0.39, 0.29) is 0 Å². The molecule has 0 amide bonds. The van der Waals surface area contributed by atoms with E-state index in [1.165, 1.54) is 6.21 Å². The number of nitrogens with zero attached hydrogens (tertiary/aromatic N) is 1. The van der Waals surface area contributed by atoms with Gasteiger partial charge in [0, 0.05) is 11.1 Å². The second-order valence-corrected chi connectivity index (χ2v) is 4.01. The lowest BCUT2D eigenvalue weighted by Gasteiger charge is -1.95. The fraction of sp³-hybridized carbons (Fsp3) is 0. The Hall–Kier alpha value is -2.05. The first-order valence-corrected chi connectivity index (χ1v) is 5.60. The molecule has 0 bridgehead atoms. The largest absolute Gasteiger partial charge is 0.411 e. The number of hydrogen-bond donors (Lipinski definition) is 1. The van der Waals surface area contributed by atoms with Gasteiger partial charge in [0.15, 0.2) is 0 Å². The summed E-state index contributed by atoms with van der Waals surface area (Å²) in [5, 5.41) is 13.5. The Bertz CT molecular complexity index is 547. The molecule has 0 aliphatic rings. The summed E-state index contributed by atoms with van der Waals surface area (Å²) in [6.07, 6.45) is 1.39. The van der Waals surface area contributed by atoms with Crippen molar-refractivity contribution in [1.82, 2.24) is 0 Å². The fourth-order valence-corrected chi connectivity index (χ4v) is 1.84. The van der Waals surface area contributed by atoms with Gasteiger partial charge in [-0.25, -0.2) is 0 Å². The van der Waals surface area contributed by atoms with Crippen molar-refractivity contribution in [3.05, 3.63) is 57.8 Å². The van der Waals surface area contributed by atoms with E-state index >= 15 is 0 Å². The number of oxime groups is 1. The van der Waals surface area contributed by atoms with Crippen LogP contribution in [0.3, 0.4) is 0 Å². The van der Waals surface area contributed by atoms with Gasteiger partial charge < -0.3 is 5.21 Å². The van der Waals surface area contributed by atoms with Gasteiger partial charge in [0.05, 0.1) is 11.1 Å². The maximum Gasteiger partial charge on any atom is 0.0772 e. The first-order valence-electron chi connectivity index (χ1n) is 4.72. The quantitative estimate of drug-likeness (QED) is 0.345. The van der Waals surface area contributed by atoms with Crippen molar-refractivity contribution < 1.29 is 5.21 Å². The van der Waals surface area contributed by atoms with E-state index in [1.54, 1.807) is 11.3 Å². The Kier molecular flexibility index (Phi) is 3.37. The average molecular weight is 227 g/mol. The molecule has 1 heterocycles. The average Bonchev–Trinajstić information content (AvgIpc) is 2.81. The van der Waals surface area contributed by atoms with E-state index in [9.17, 15) is 0 Å². The Morgan fingerprint density at radius 2 is 2.00 bits per heavy atom. The zero-order valence-corrected chi connectivity index (χ0v) is 9.24. The fourth-order valence-electron chi connectivity index (χ4n) is 1.26. The molecule has 0 saturated heterocycles. The molecule has 0 spiro atoms. The van der Waals surface area contributed by atoms with E-state index in [0.29, 0.717) is 0 Å². The highest BCUT2D eigenvalue weighted by Gasteiger charge is 1.95. The second-order valence-electron chi connectivity index (χ2n) is 3.06. The summed E-state index contributed by atoms with van der Waals surface area (Å²) in [4.78, 5) is 1.02. The third kappa shape index (κ3) is 2.50. The molecule has 0 unspecified atom stereocenters. The van der Waals surface area contributed by atoms with Crippen LogP contribution in [0.4, 0.5) is 0 Å². The molecule has 0 fully saturated rings. The van der Waals surface area contributed by atoms with Crippen LogP contribution in [0.5, 0.6) is 0 Å². The van der Waals surface area contributed by atoms with Crippen LogP contribution in [0.1, 0.15) is 16.0 Å². The predicted octanol–water partition coefficient (Wildman–Crippen LogP) is 2.96. The van der Waals surface area contributed by atoms with Gasteiger partial charge in [-0.05, 0) is 17.5 Å². The molecule has 1 N–H and O–H groups in total. The van der Waals surface area contributed by atoms with Crippen molar-refractivity contribution in [1.29, 1.82) is 0 Å². The SMILES string of the molecule is O/N=C/c1ccccc1C#Cc1cccs1. The molecule has 0 aliphatic carbocycles. The van der Waals surface area contributed by atoms with Gasteiger partial charge in [0.2, 0.25) is 0 Å². The molecule has 16 heavy (non-hydrogen) atoms. The van der Waals surface area contributed by atoms with Crippen LogP contribution < -0.4 is 0 Å². The second kappa shape index (κ2) is 5.15. The summed E-state index contributed by atoms with van der Waals surface area (Å²) in [6, 6.07) is 11.5. The van der Waals surface area contributed by atoms with Gasteiger partial charge in [-0.1, -0.05) is 41.3 Å². The number of hydrogen-bond acceptors (Lipinski definition) is 3. The van der Waals surface area contributed by atoms with E-state index in [4.69, 9.17) is 5.21 Å². The van der Waals surface area contributed by atoms with E-state index in [2.05, 4.69) is 17.0 Å². The summed E-state index contributed by atoms with van der Waals surface area (Å²) in [7, 11) is 0. The standard InChI is InChI=1S/C13H9NOS/c15-14-10-12-5-2-1-4-11(12)7-8-13-6-3-9-16-13/h1-6,9-10,15H/b14-10+. The van der Waals surface area contributed by atoms with Gasteiger partial charge in [0.1, 0.15) is 0 Å². The Morgan fingerprint density at radius 3 is 2.75 bits per heavy atom. The summed E-state index contributed by atoms with van der Waals surface area (Å²) < 4.78 is 0. The maximum atomic E-state index is 8.52. The smallest absolute Gasteiger partial charge is 0.0772 e. The summed E-state index contributed by atoms with van der Waals surface area (Å²) in [5.74, 6) is 6.12. The minimum atomic E-state index is 0.814. The van der Waals surface area contributed by atoms with E-state index < -0.39 is 0 Å². The van der Waals surface area contributed by atoms with Crippen LogP contribution >= 0.6 is 11.3 Å². The molecular formula is C13H9NOS. The highest BCUT2D eigenvalue weighted by molar-refractivity contribution is 7.10. The summed E-state index contributed by atoms with van der Waals surface area (Å²) in [5.41, 5.74) is 1.67. The molecule has 1 aromatic carbocycles. The van der Waals surface area contributed by atoms with Crippen molar-refractivity contribution in [3.63, 3.8) is 0 Å². The van der Waals surface area contributed by atoms with Crippen molar-refractivity contribution in [2.75, 3.05) is 0 Å². The molecule has 78 valence electrons. The molecule has 2 rings (SSSR count). The molecule has 2 aromatic rings. The van der Waals surface area contributed by atoms with E-state index in [1.807, 2.05) is 41.8 Å². The molecule has 1 aromatic heterocycles. The monoisotopic (exact) mass is 227 g/mol. The van der Waals surface area contributed by atoms with Crippen LogP contribution in [-0.4, -0.2) is 11.4 Å². The normalized spacial score (nSPS) is 10.0. The Balaban J connectivity index is 2.34. The number of thiophene rings is 1. The lowest BCUT2D eigenvalue weighted by Crippen LogP contribution is -1.86. The highest BCUT2D eigenvalue weighted by Crippen LogP contribution is 2.08. The predicted molar refractivity (Wildman–Crippen MR) is 66.1 cm³/mol. The summed E-state index contributed by atoms with van der Waals surface area (Å²) in [6.45, 7) is 0. The van der Waals surface area contributed by atoms with Gasteiger partial charge in [-0.3, -0.25) is 0 Å². The molecule has 0 aliphatic heterocycles. The van der Waals surface area contributed by atoms with Crippen molar-refractivity contribution in [2.24, 2.45) is 5.16 Å². The Morgan fingerprint density at radius 1 is 1.12 bits per heavy atom. The lowest BCUT2D eigenvalue weighted by molar-refractivity contribution is 0.322. The molecule has 0 radical (unpaired) electrons. The topological polar surface area (TPSA) is 32.6 Å². The van der Waals surface area contributed by atoms with Crippen LogP contribution in [0.25, 0.3) is 0 Å². The van der Waals surface area contributed by atoms with Crippen molar-refractivity contribution >= 4 is 17.6 Å². The van der Waals surface area contributed by atoms with Crippen LogP contribution in [0.2, 0.25) is 0 Å². The summed E-state index contributed by atoms with van der Waals surface area (Å²) >= 11 is 1.60. The molecule has 2 nitrogen and oxygen atoms in total.